The van der Waals surface area contributed by atoms with Crippen molar-refractivity contribution in [2.45, 2.75) is 12.8 Å². The molecule has 0 bridgehead atoms. The second-order valence-electron chi connectivity index (χ2n) is 3.49. The number of rotatable bonds is 3. The van der Waals surface area contributed by atoms with Crippen molar-refractivity contribution in [3.63, 3.8) is 0 Å². The summed E-state index contributed by atoms with van der Waals surface area (Å²) < 4.78 is 27.3. The lowest BCUT2D eigenvalue weighted by Crippen LogP contribution is -2.04. The van der Waals surface area contributed by atoms with Crippen molar-refractivity contribution in [3.05, 3.63) is 35.5 Å². The van der Waals surface area contributed by atoms with Crippen LogP contribution in [0.3, 0.4) is 0 Å². The molecule has 0 aliphatic heterocycles. The molecule has 0 amide bonds. The maximum absolute atomic E-state index is 13.8. The maximum atomic E-state index is 13.8. The fraction of sp³-hybridized carbons (Fsp3) is 0.273. The Hall–Kier alpha value is -1.42. The van der Waals surface area contributed by atoms with Gasteiger partial charge in [0.1, 0.15) is 5.82 Å². The molecule has 3 N–H and O–H groups in total. The van der Waals surface area contributed by atoms with Gasteiger partial charge in [-0.3, -0.25) is 0 Å². The summed E-state index contributed by atoms with van der Waals surface area (Å²) >= 11 is 0. The van der Waals surface area contributed by atoms with Crippen molar-refractivity contribution in [1.82, 2.24) is 4.98 Å². The normalized spacial score (nSPS) is 11.1. The van der Waals surface area contributed by atoms with E-state index in [1.807, 2.05) is 0 Å². The van der Waals surface area contributed by atoms with Crippen molar-refractivity contribution in [3.8, 4) is 0 Å². The Balaban J connectivity index is 2.52. The second kappa shape index (κ2) is 3.98. The standard InChI is InChI=1S/C11H12F2N2/c12-9-6-7-3-5-15-11(7)10(13)8(9)2-1-4-14/h3,5-6,15H,1-2,4,14H2. The fourth-order valence-corrected chi connectivity index (χ4v) is 1.68. The van der Waals surface area contributed by atoms with Crippen molar-refractivity contribution in [2.75, 3.05) is 6.54 Å². The predicted octanol–water partition coefficient (Wildman–Crippen LogP) is 2.34. The van der Waals surface area contributed by atoms with Crippen LogP contribution in [0.15, 0.2) is 18.3 Å². The number of aromatic amines is 1. The number of hydrogen-bond donors (Lipinski definition) is 2. The highest BCUT2D eigenvalue weighted by molar-refractivity contribution is 5.80. The first-order valence-corrected chi connectivity index (χ1v) is 4.88. The van der Waals surface area contributed by atoms with E-state index in [-0.39, 0.29) is 5.56 Å². The summed E-state index contributed by atoms with van der Waals surface area (Å²) in [7, 11) is 0. The Morgan fingerprint density at radius 3 is 2.87 bits per heavy atom. The topological polar surface area (TPSA) is 41.8 Å². The van der Waals surface area contributed by atoms with Gasteiger partial charge >= 0.3 is 0 Å². The first kappa shape index (κ1) is 10.1. The lowest BCUT2D eigenvalue weighted by molar-refractivity contribution is 0.558. The first-order chi connectivity index (χ1) is 7.24. The molecule has 1 heterocycles. The summed E-state index contributed by atoms with van der Waals surface area (Å²) in [4.78, 5) is 2.76. The van der Waals surface area contributed by atoms with Gasteiger partial charge in [-0.05, 0) is 31.5 Å². The number of benzene rings is 1. The molecule has 0 atom stereocenters. The zero-order valence-corrected chi connectivity index (χ0v) is 8.19. The average Bonchev–Trinajstić information content (AvgIpc) is 2.65. The molecule has 80 valence electrons. The van der Waals surface area contributed by atoms with E-state index in [1.165, 1.54) is 6.07 Å². The van der Waals surface area contributed by atoms with Crippen LogP contribution in [0, 0.1) is 11.6 Å². The van der Waals surface area contributed by atoms with E-state index >= 15 is 0 Å². The summed E-state index contributed by atoms with van der Waals surface area (Å²) in [5, 5.41) is 0.557. The largest absolute Gasteiger partial charge is 0.359 e. The predicted molar refractivity (Wildman–Crippen MR) is 55.6 cm³/mol. The lowest BCUT2D eigenvalue weighted by Gasteiger charge is -2.05. The molecule has 0 aliphatic rings. The first-order valence-electron chi connectivity index (χ1n) is 4.88. The number of hydrogen-bond acceptors (Lipinski definition) is 1. The molecule has 2 rings (SSSR count). The van der Waals surface area contributed by atoms with Crippen LogP contribution in [0.2, 0.25) is 0 Å². The Kier molecular flexibility index (Phi) is 2.68. The minimum Gasteiger partial charge on any atom is -0.359 e. The number of nitrogens with two attached hydrogens (primary N) is 1. The van der Waals surface area contributed by atoms with Gasteiger partial charge < -0.3 is 10.7 Å². The molecule has 4 heteroatoms. The monoisotopic (exact) mass is 210 g/mol. The fourth-order valence-electron chi connectivity index (χ4n) is 1.68. The highest BCUT2D eigenvalue weighted by Crippen LogP contribution is 2.23. The van der Waals surface area contributed by atoms with Crippen LogP contribution >= 0.6 is 0 Å². The Labute approximate surface area is 86.1 Å². The van der Waals surface area contributed by atoms with Gasteiger partial charge in [-0.15, -0.1) is 0 Å². The van der Waals surface area contributed by atoms with Gasteiger partial charge in [-0.1, -0.05) is 0 Å². The van der Waals surface area contributed by atoms with Gasteiger partial charge in [0.05, 0.1) is 5.52 Å². The van der Waals surface area contributed by atoms with E-state index < -0.39 is 11.6 Å². The lowest BCUT2D eigenvalue weighted by atomic mass is 10.1. The molecule has 0 fully saturated rings. The molecule has 1 aromatic carbocycles. The SMILES string of the molecule is NCCCc1c(F)cc2cc[nH]c2c1F. The smallest absolute Gasteiger partial charge is 0.153 e. The van der Waals surface area contributed by atoms with E-state index in [1.54, 1.807) is 12.3 Å². The highest BCUT2D eigenvalue weighted by atomic mass is 19.1. The van der Waals surface area contributed by atoms with Gasteiger partial charge in [0.2, 0.25) is 0 Å². The summed E-state index contributed by atoms with van der Waals surface area (Å²) in [5.41, 5.74) is 5.80. The van der Waals surface area contributed by atoms with Crippen molar-refractivity contribution >= 4 is 10.9 Å². The van der Waals surface area contributed by atoms with Crippen LogP contribution < -0.4 is 5.73 Å². The van der Waals surface area contributed by atoms with E-state index in [0.29, 0.717) is 30.3 Å². The molecule has 0 unspecified atom stereocenters. The van der Waals surface area contributed by atoms with Crippen LogP contribution in [0.5, 0.6) is 0 Å². The van der Waals surface area contributed by atoms with Crippen molar-refractivity contribution in [1.29, 1.82) is 0 Å². The molecule has 0 radical (unpaired) electrons. The molecule has 0 saturated carbocycles. The summed E-state index contributed by atoms with van der Waals surface area (Å²) in [5.74, 6) is -0.989. The second-order valence-corrected chi connectivity index (χ2v) is 3.49. The number of H-pyrrole nitrogens is 1. The minimum absolute atomic E-state index is 0.121. The average molecular weight is 210 g/mol. The number of aromatic nitrogens is 1. The zero-order chi connectivity index (χ0) is 10.8. The summed E-state index contributed by atoms with van der Waals surface area (Å²) in [6, 6.07) is 3.00. The molecule has 2 nitrogen and oxygen atoms in total. The molecular weight excluding hydrogens is 198 g/mol. The third kappa shape index (κ3) is 1.72. The third-order valence-electron chi connectivity index (χ3n) is 2.47. The Morgan fingerprint density at radius 1 is 1.33 bits per heavy atom. The highest BCUT2D eigenvalue weighted by Gasteiger charge is 2.13. The quantitative estimate of drug-likeness (QED) is 0.802. The van der Waals surface area contributed by atoms with Gasteiger partial charge in [0.15, 0.2) is 5.82 Å². The van der Waals surface area contributed by atoms with Crippen LogP contribution in [-0.2, 0) is 6.42 Å². The van der Waals surface area contributed by atoms with Crippen molar-refractivity contribution in [2.24, 2.45) is 5.73 Å². The molecule has 1 aromatic heterocycles. The molecule has 2 aromatic rings. The Bertz CT molecular complexity index is 477. The van der Waals surface area contributed by atoms with Crippen molar-refractivity contribution < 1.29 is 8.78 Å². The van der Waals surface area contributed by atoms with E-state index in [4.69, 9.17) is 5.73 Å². The van der Waals surface area contributed by atoms with Gasteiger partial charge in [-0.25, -0.2) is 8.78 Å². The van der Waals surface area contributed by atoms with E-state index in [2.05, 4.69) is 4.98 Å². The molecule has 15 heavy (non-hydrogen) atoms. The molecule has 0 spiro atoms. The summed E-state index contributed by atoms with van der Waals surface area (Å²) in [6.45, 7) is 0.432. The number of fused-ring (bicyclic) bond motifs is 1. The maximum Gasteiger partial charge on any atom is 0.153 e. The van der Waals surface area contributed by atoms with Crippen LogP contribution in [0.4, 0.5) is 8.78 Å². The zero-order valence-electron chi connectivity index (χ0n) is 8.19. The number of nitrogens with one attached hydrogen (secondary N) is 1. The van der Waals surface area contributed by atoms with Crippen LogP contribution in [-0.4, -0.2) is 11.5 Å². The van der Waals surface area contributed by atoms with Gasteiger partial charge in [0, 0.05) is 17.1 Å². The number of halogens is 2. The third-order valence-corrected chi connectivity index (χ3v) is 2.47. The Morgan fingerprint density at radius 2 is 2.13 bits per heavy atom. The van der Waals surface area contributed by atoms with Gasteiger partial charge in [0.25, 0.3) is 0 Å². The molecule has 0 saturated heterocycles. The molecule has 0 aliphatic carbocycles. The van der Waals surface area contributed by atoms with Crippen LogP contribution in [0.25, 0.3) is 10.9 Å². The summed E-state index contributed by atoms with van der Waals surface area (Å²) in [6.07, 6.45) is 2.52. The van der Waals surface area contributed by atoms with Gasteiger partial charge in [-0.2, -0.15) is 0 Å². The van der Waals surface area contributed by atoms with E-state index in [0.717, 1.165) is 0 Å². The molecular formula is C11H12F2N2. The van der Waals surface area contributed by atoms with Crippen LogP contribution in [0.1, 0.15) is 12.0 Å². The van der Waals surface area contributed by atoms with E-state index in [9.17, 15) is 8.78 Å². The minimum atomic E-state index is -0.497.